The van der Waals surface area contributed by atoms with Crippen LogP contribution in [0.4, 0.5) is 5.69 Å². The molecule has 0 amide bonds. The van der Waals surface area contributed by atoms with Crippen LogP contribution in [0.5, 0.6) is 0 Å². The number of nitrogens with two attached hydrogens (primary N) is 1. The number of hydrogen-bond donors (Lipinski definition) is 2. The lowest BCUT2D eigenvalue weighted by atomic mass is 10.1. The second-order valence-electron chi connectivity index (χ2n) is 4.18. The topological polar surface area (TPSA) is 67.6 Å². The van der Waals surface area contributed by atoms with E-state index in [1.54, 1.807) is 6.20 Å². The van der Waals surface area contributed by atoms with Gasteiger partial charge in [0.05, 0.1) is 5.52 Å². The standard InChI is InChI=1S/C13H11BrN4/c1-7-4-8(2-3-10(7)15)12-17-11-5-9(14)6-16-13(11)18-12/h2-6H,15H2,1H3,(H,16,17,18). The van der Waals surface area contributed by atoms with E-state index in [1.807, 2.05) is 31.2 Å². The monoisotopic (exact) mass is 302 g/mol. The number of benzene rings is 1. The molecule has 90 valence electrons. The number of halogens is 1. The van der Waals surface area contributed by atoms with Crippen molar-refractivity contribution in [3.05, 3.63) is 40.5 Å². The number of aromatic amines is 1. The molecule has 0 saturated heterocycles. The van der Waals surface area contributed by atoms with Crippen molar-refractivity contribution in [1.29, 1.82) is 0 Å². The van der Waals surface area contributed by atoms with Crippen molar-refractivity contribution in [2.75, 3.05) is 5.73 Å². The first-order valence-electron chi connectivity index (χ1n) is 5.51. The van der Waals surface area contributed by atoms with Crippen molar-refractivity contribution in [3.8, 4) is 11.4 Å². The summed E-state index contributed by atoms with van der Waals surface area (Å²) in [7, 11) is 0. The maximum atomic E-state index is 5.81. The SMILES string of the molecule is Cc1cc(-c2nc3ncc(Br)cc3[nH]2)ccc1N. The summed E-state index contributed by atoms with van der Waals surface area (Å²) in [5.74, 6) is 0.804. The Morgan fingerprint density at radius 3 is 2.89 bits per heavy atom. The largest absolute Gasteiger partial charge is 0.399 e. The van der Waals surface area contributed by atoms with Gasteiger partial charge >= 0.3 is 0 Å². The van der Waals surface area contributed by atoms with Gasteiger partial charge in [-0.15, -0.1) is 0 Å². The van der Waals surface area contributed by atoms with Gasteiger partial charge in [-0.2, -0.15) is 0 Å². The Morgan fingerprint density at radius 2 is 2.11 bits per heavy atom. The lowest BCUT2D eigenvalue weighted by molar-refractivity contribution is 1.29. The van der Waals surface area contributed by atoms with Crippen LogP contribution < -0.4 is 5.73 Å². The highest BCUT2D eigenvalue weighted by molar-refractivity contribution is 9.10. The van der Waals surface area contributed by atoms with Gasteiger partial charge in [-0.3, -0.25) is 0 Å². The maximum Gasteiger partial charge on any atom is 0.178 e. The van der Waals surface area contributed by atoms with Crippen LogP contribution >= 0.6 is 15.9 Å². The molecule has 0 bridgehead atoms. The highest BCUT2D eigenvalue weighted by Gasteiger charge is 2.07. The molecule has 0 atom stereocenters. The molecule has 4 nitrogen and oxygen atoms in total. The molecule has 2 heterocycles. The van der Waals surface area contributed by atoms with E-state index >= 15 is 0 Å². The van der Waals surface area contributed by atoms with Crippen LogP contribution in [0.25, 0.3) is 22.6 Å². The minimum Gasteiger partial charge on any atom is -0.399 e. The Morgan fingerprint density at radius 1 is 1.28 bits per heavy atom. The Bertz CT molecular complexity index is 733. The molecule has 3 N–H and O–H groups in total. The number of nitrogens with one attached hydrogen (secondary N) is 1. The number of rotatable bonds is 1. The van der Waals surface area contributed by atoms with Crippen LogP contribution in [0.15, 0.2) is 34.9 Å². The molecule has 2 aromatic heterocycles. The van der Waals surface area contributed by atoms with Gasteiger partial charge in [0.15, 0.2) is 5.65 Å². The molecular weight excluding hydrogens is 292 g/mol. The van der Waals surface area contributed by atoms with Gasteiger partial charge in [0.1, 0.15) is 5.82 Å². The van der Waals surface area contributed by atoms with Crippen LogP contribution in [0, 0.1) is 6.92 Å². The predicted octanol–water partition coefficient (Wildman–Crippen LogP) is 3.28. The highest BCUT2D eigenvalue weighted by atomic mass is 79.9. The van der Waals surface area contributed by atoms with E-state index in [0.717, 1.165) is 32.6 Å². The minimum atomic E-state index is 0.711. The molecule has 0 spiro atoms. The fourth-order valence-corrected chi connectivity index (χ4v) is 2.17. The van der Waals surface area contributed by atoms with Gasteiger partial charge in [-0.1, -0.05) is 0 Å². The van der Waals surface area contributed by atoms with Crippen molar-refractivity contribution in [2.45, 2.75) is 6.92 Å². The maximum absolute atomic E-state index is 5.81. The third kappa shape index (κ3) is 1.86. The number of nitrogens with zero attached hydrogens (tertiary/aromatic N) is 2. The summed E-state index contributed by atoms with van der Waals surface area (Å²) in [4.78, 5) is 12.0. The third-order valence-electron chi connectivity index (χ3n) is 2.85. The van der Waals surface area contributed by atoms with Crippen molar-refractivity contribution in [1.82, 2.24) is 15.0 Å². The molecule has 5 heteroatoms. The number of aromatic nitrogens is 3. The van der Waals surface area contributed by atoms with Gasteiger partial charge in [-0.25, -0.2) is 9.97 Å². The average molecular weight is 303 g/mol. The van der Waals surface area contributed by atoms with Crippen molar-refractivity contribution in [2.24, 2.45) is 0 Å². The zero-order valence-corrected chi connectivity index (χ0v) is 11.3. The first-order chi connectivity index (χ1) is 8.63. The molecule has 0 aliphatic rings. The molecular formula is C13H11BrN4. The first kappa shape index (κ1) is 11.2. The number of anilines is 1. The van der Waals surface area contributed by atoms with E-state index < -0.39 is 0 Å². The highest BCUT2D eigenvalue weighted by Crippen LogP contribution is 2.24. The van der Waals surface area contributed by atoms with Crippen LogP contribution in [-0.4, -0.2) is 15.0 Å². The van der Waals surface area contributed by atoms with Crippen molar-refractivity contribution >= 4 is 32.8 Å². The van der Waals surface area contributed by atoms with E-state index in [4.69, 9.17) is 5.73 Å². The normalized spacial score (nSPS) is 11.0. The molecule has 3 aromatic rings. The Kier molecular flexibility index (Phi) is 2.56. The number of H-pyrrole nitrogens is 1. The summed E-state index contributed by atoms with van der Waals surface area (Å²) < 4.78 is 0.929. The Hall–Kier alpha value is -1.88. The number of pyridine rings is 1. The summed E-state index contributed by atoms with van der Waals surface area (Å²) in [6.07, 6.45) is 1.74. The summed E-state index contributed by atoms with van der Waals surface area (Å²) in [5, 5.41) is 0. The quantitative estimate of drug-likeness (QED) is 0.678. The van der Waals surface area contributed by atoms with Crippen LogP contribution in [-0.2, 0) is 0 Å². The number of aryl methyl sites for hydroxylation is 1. The second-order valence-corrected chi connectivity index (χ2v) is 5.10. The molecule has 0 fully saturated rings. The predicted molar refractivity (Wildman–Crippen MR) is 76.2 cm³/mol. The van der Waals surface area contributed by atoms with Gasteiger partial charge in [-0.05, 0) is 52.7 Å². The average Bonchev–Trinajstić information content (AvgIpc) is 2.75. The van der Waals surface area contributed by atoms with E-state index in [2.05, 4.69) is 30.9 Å². The lowest BCUT2D eigenvalue weighted by Crippen LogP contribution is -1.90. The molecule has 1 aromatic carbocycles. The Balaban J connectivity index is 2.16. The smallest absolute Gasteiger partial charge is 0.178 e. The first-order valence-corrected chi connectivity index (χ1v) is 6.30. The molecule has 3 rings (SSSR count). The zero-order chi connectivity index (χ0) is 12.7. The van der Waals surface area contributed by atoms with Gasteiger partial charge < -0.3 is 10.7 Å². The zero-order valence-electron chi connectivity index (χ0n) is 9.74. The molecule has 0 unspecified atom stereocenters. The summed E-state index contributed by atoms with van der Waals surface area (Å²) in [6.45, 7) is 1.98. The molecule has 0 radical (unpaired) electrons. The number of fused-ring (bicyclic) bond motifs is 1. The van der Waals surface area contributed by atoms with Crippen molar-refractivity contribution in [3.63, 3.8) is 0 Å². The van der Waals surface area contributed by atoms with E-state index in [-0.39, 0.29) is 0 Å². The van der Waals surface area contributed by atoms with E-state index in [9.17, 15) is 0 Å². The van der Waals surface area contributed by atoms with Crippen molar-refractivity contribution < 1.29 is 0 Å². The molecule has 18 heavy (non-hydrogen) atoms. The second kappa shape index (κ2) is 4.10. The fourth-order valence-electron chi connectivity index (χ4n) is 1.83. The third-order valence-corrected chi connectivity index (χ3v) is 3.28. The van der Waals surface area contributed by atoms with Gasteiger partial charge in [0.25, 0.3) is 0 Å². The van der Waals surface area contributed by atoms with Crippen LogP contribution in [0.1, 0.15) is 5.56 Å². The number of hydrogen-bond acceptors (Lipinski definition) is 3. The van der Waals surface area contributed by atoms with Crippen LogP contribution in [0.3, 0.4) is 0 Å². The van der Waals surface area contributed by atoms with E-state index in [0.29, 0.717) is 5.65 Å². The summed E-state index contributed by atoms with van der Waals surface area (Å²) in [6, 6.07) is 7.82. The molecule has 0 aliphatic heterocycles. The lowest BCUT2D eigenvalue weighted by Gasteiger charge is -2.01. The van der Waals surface area contributed by atoms with Gasteiger partial charge in [0, 0.05) is 21.9 Å². The van der Waals surface area contributed by atoms with E-state index in [1.165, 1.54) is 0 Å². The van der Waals surface area contributed by atoms with Crippen LogP contribution in [0.2, 0.25) is 0 Å². The number of imidazole rings is 1. The van der Waals surface area contributed by atoms with Gasteiger partial charge in [0.2, 0.25) is 0 Å². The summed E-state index contributed by atoms with van der Waals surface area (Å²) >= 11 is 3.39. The molecule has 0 saturated carbocycles. The fraction of sp³-hybridized carbons (Fsp3) is 0.0769. The molecule has 0 aliphatic carbocycles. The summed E-state index contributed by atoms with van der Waals surface area (Å²) in [5.41, 5.74) is 10.3. The minimum absolute atomic E-state index is 0.711. The Labute approximate surface area is 112 Å². The number of nitrogen functional groups attached to an aromatic ring is 1.